The van der Waals surface area contributed by atoms with Gasteiger partial charge in [-0.15, -0.1) is 0 Å². The van der Waals surface area contributed by atoms with Crippen LogP contribution in [0.4, 0.5) is 13.2 Å². The third-order valence-electron chi connectivity index (χ3n) is 5.35. The minimum atomic E-state index is -4.38. The van der Waals surface area contributed by atoms with Crippen LogP contribution in [0.2, 0.25) is 0 Å². The maximum Gasteiger partial charge on any atom is 0.416 e. The SMILES string of the molecule is Oc1ccc(CN2CCCn3cccc3C2c2ccc(C(F)(F)F)cc2)c(O)c1. The van der Waals surface area contributed by atoms with E-state index in [9.17, 15) is 23.4 Å². The molecule has 0 fully saturated rings. The molecular formula is C22H21F3N2O2. The van der Waals surface area contributed by atoms with Crippen molar-refractivity contribution >= 4 is 0 Å². The van der Waals surface area contributed by atoms with Gasteiger partial charge in [0, 0.05) is 43.2 Å². The van der Waals surface area contributed by atoms with Crippen molar-refractivity contribution in [2.45, 2.75) is 31.7 Å². The Hall–Kier alpha value is -2.93. The van der Waals surface area contributed by atoms with E-state index >= 15 is 0 Å². The van der Waals surface area contributed by atoms with E-state index in [-0.39, 0.29) is 17.5 Å². The van der Waals surface area contributed by atoms with Gasteiger partial charge >= 0.3 is 6.18 Å². The molecule has 152 valence electrons. The summed E-state index contributed by atoms with van der Waals surface area (Å²) in [6.07, 6.45) is -1.52. The highest BCUT2D eigenvalue weighted by Crippen LogP contribution is 2.36. The van der Waals surface area contributed by atoms with Gasteiger partial charge in [0.05, 0.1) is 11.6 Å². The number of benzene rings is 2. The van der Waals surface area contributed by atoms with Gasteiger partial charge in [-0.2, -0.15) is 13.2 Å². The molecule has 1 aliphatic heterocycles. The maximum absolute atomic E-state index is 13.0. The van der Waals surface area contributed by atoms with Crippen molar-refractivity contribution in [3.05, 3.63) is 83.2 Å². The van der Waals surface area contributed by atoms with E-state index in [1.807, 2.05) is 18.3 Å². The second-order valence-electron chi connectivity index (χ2n) is 7.29. The molecule has 1 atom stereocenters. The number of halogens is 3. The van der Waals surface area contributed by atoms with Gasteiger partial charge in [-0.05, 0) is 42.3 Å². The predicted molar refractivity (Wildman–Crippen MR) is 103 cm³/mol. The van der Waals surface area contributed by atoms with Gasteiger partial charge in [0.2, 0.25) is 0 Å². The first kappa shape index (κ1) is 19.4. The number of aryl methyl sites for hydroxylation is 1. The molecule has 29 heavy (non-hydrogen) atoms. The van der Waals surface area contributed by atoms with E-state index < -0.39 is 11.7 Å². The average molecular weight is 402 g/mol. The number of alkyl halides is 3. The molecule has 0 saturated carbocycles. The Morgan fingerprint density at radius 3 is 2.41 bits per heavy atom. The number of nitrogens with zero attached hydrogens (tertiary/aromatic N) is 2. The van der Waals surface area contributed by atoms with Crippen molar-refractivity contribution in [2.24, 2.45) is 0 Å². The second-order valence-corrected chi connectivity index (χ2v) is 7.29. The Balaban J connectivity index is 1.73. The summed E-state index contributed by atoms with van der Waals surface area (Å²) in [7, 11) is 0. The monoisotopic (exact) mass is 402 g/mol. The summed E-state index contributed by atoms with van der Waals surface area (Å²) in [6, 6.07) is 13.4. The first-order chi connectivity index (χ1) is 13.8. The summed E-state index contributed by atoms with van der Waals surface area (Å²) in [5.74, 6) is -0.0221. The smallest absolute Gasteiger partial charge is 0.416 e. The van der Waals surface area contributed by atoms with Gasteiger partial charge in [0.1, 0.15) is 11.5 Å². The number of phenols is 2. The normalized spacial score (nSPS) is 17.7. The molecule has 0 radical (unpaired) electrons. The Bertz CT molecular complexity index is 996. The highest BCUT2D eigenvalue weighted by molar-refractivity contribution is 5.40. The number of aromatic nitrogens is 1. The number of hydrogen-bond acceptors (Lipinski definition) is 3. The molecular weight excluding hydrogens is 381 g/mol. The third kappa shape index (κ3) is 3.96. The van der Waals surface area contributed by atoms with Gasteiger partial charge in [0.15, 0.2) is 0 Å². The molecule has 2 heterocycles. The van der Waals surface area contributed by atoms with Crippen LogP contribution in [-0.4, -0.2) is 26.2 Å². The van der Waals surface area contributed by atoms with E-state index in [0.717, 1.165) is 36.4 Å². The number of aromatic hydroxyl groups is 2. The zero-order valence-electron chi connectivity index (χ0n) is 15.6. The molecule has 1 unspecified atom stereocenters. The summed E-state index contributed by atoms with van der Waals surface area (Å²) in [5.41, 5.74) is 1.74. The number of hydrogen-bond donors (Lipinski definition) is 2. The predicted octanol–water partition coefficient (Wildman–Crippen LogP) is 4.91. The van der Waals surface area contributed by atoms with Crippen LogP contribution in [0, 0.1) is 0 Å². The van der Waals surface area contributed by atoms with E-state index in [1.165, 1.54) is 24.3 Å². The van der Waals surface area contributed by atoms with Crippen molar-refractivity contribution in [1.29, 1.82) is 0 Å². The Morgan fingerprint density at radius 2 is 1.72 bits per heavy atom. The van der Waals surface area contributed by atoms with Crippen molar-refractivity contribution < 1.29 is 23.4 Å². The van der Waals surface area contributed by atoms with Crippen molar-refractivity contribution in [1.82, 2.24) is 9.47 Å². The van der Waals surface area contributed by atoms with Crippen LogP contribution in [0.5, 0.6) is 11.5 Å². The van der Waals surface area contributed by atoms with Crippen LogP contribution in [0.3, 0.4) is 0 Å². The van der Waals surface area contributed by atoms with Crippen LogP contribution in [0.15, 0.2) is 60.8 Å². The molecule has 2 aromatic carbocycles. The van der Waals surface area contributed by atoms with Gasteiger partial charge in [-0.3, -0.25) is 4.90 Å². The highest BCUT2D eigenvalue weighted by Gasteiger charge is 2.32. The molecule has 4 rings (SSSR count). The maximum atomic E-state index is 13.0. The van der Waals surface area contributed by atoms with Crippen molar-refractivity contribution in [3.63, 3.8) is 0 Å². The number of fused-ring (bicyclic) bond motifs is 1. The first-order valence-electron chi connectivity index (χ1n) is 9.40. The topological polar surface area (TPSA) is 48.6 Å². The van der Waals surface area contributed by atoms with Crippen molar-refractivity contribution in [3.8, 4) is 11.5 Å². The molecule has 0 amide bonds. The summed E-state index contributed by atoms with van der Waals surface area (Å²) >= 11 is 0. The van der Waals surface area contributed by atoms with E-state index in [0.29, 0.717) is 18.7 Å². The minimum absolute atomic E-state index is 0.00389. The van der Waals surface area contributed by atoms with Crippen LogP contribution in [0.1, 0.15) is 34.8 Å². The number of phenolic OH excluding ortho intramolecular Hbond substituents is 2. The Labute approximate surface area is 166 Å². The zero-order chi connectivity index (χ0) is 20.6. The molecule has 4 nitrogen and oxygen atoms in total. The fourth-order valence-corrected chi connectivity index (χ4v) is 3.95. The van der Waals surface area contributed by atoms with Crippen LogP contribution >= 0.6 is 0 Å². The van der Waals surface area contributed by atoms with Crippen LogP contribution in [0.25, 0.3) is 0 Å². The fraction of sp³-hybridized carbons (Fsp3) is 0.273. The van der Waals surface area contributed by atoms with Gasteiger partial charge in [-0.1, -0.05) is 18.2 Å². The van der Waals surface area contributed by atoms with Crippen molar-refractivity contribution in [2.75, 3.05) is 6.54 Å². The molecule has 2 N–H and O–H groups in total. The van der Waals surface area contributed by atoms with E-state index in [1.54, 1.807) is 6.07 Å². The lowest BCUT2D eigenvalue weighted by Gasteiger charge is -2.31. The lowest BCUT2D eigenvalue weighted by molar-refractivity contribution is -0.137. The Kier molecular flexibility index (Phi) is 5.00. The highest BCUT2D eigenvalue weighted by atomic mass is 19.4. The number of rotatable bonds is 3. The molecule has 1 aromatic heterocycles. The fourth-order valence-electron chi connectivity index (χ4n) is 3.95. The quantitative estimate of drug-likeness (QED) is 0.654. The largest absolute Gasteiger partial charge is 0.508 e. The van der Waals surface area contributed by atoms with E-state index in [4.69, 9.17) is 0 Å². The van der Waals surface area contributed by atoms with Crippen LogP contribution < -0.4 is 0 Å². The third-order valence-corrected chi connectivity index (χ3v) is 5.35. The second kappa shape index (κ2) is 7.48. The first-order valence-corrected chi connectivity index (χ1v) is 9.40. The minimum Gasteiger partial charge on any atom is -0.508 e. The zero-order valence-corrected chi connectivity index (χ0v) is 15.6. The lowest BCUT2D eigenvalue weighted by Crippen LogP contribution is -2.29. The Morgan fingerprint density at radius 1 is 0.966 bits per heavy atom. The summed E-state index contributed by atoms with van der Waals surface area (Å²) in [6.45, 7) is 1.94. The molecule has 3 aromatic rings. The lowest BCUT2D eigenvalue weighted by atomic mass is 9.99. The average Bonchev–Trinajstić information content (AvgIpc) is 3.05. The summed E-state index contributed by atoms with van der Waals surface area (Å²) < 4.78 is 41.1. The molecule has 0 spiro atoms. The molecule has 0 bridgehead atoms. The van der Waals surface area contributed by atoms with Gasteiger partial charge < -0.3 is 14.8 Å². The summed E-state index contributed by atoms with van der Waals surface area (Å²) in [4.78, 5) is 2.15. The molecule has 0 saturated heterocycles. The standard InChI is InChI=1S/C22H21F3N2O2/c23-22(24,25)17-7-4-15(5-8-17)21-19-3-1-10-26(19)11-2-12-27(21)14-16-6-9-18(28)13-20(16)29/h1,3-10,13,21,28-29H,2,11-12,14H2. The van der Waals surface area contributed by atoms with Gasteiger partial charge in [0.25, 0.3) is 0 Å². The van der Waals surface area contributed by atoms with E-state index in [2.05, 4.69) is 9.47 Å². The summed E-state index contributed by atoms with van der Waals surface area (Å²) in [5, 5.41) is 19.8. The molecule has 1 aliphatic rings. The molecule has 0 aliphatic carbocycles. The van der Waals surface area contributed by atoms with Crippen LogP contribution in [-0.2, 0) is 19.3 Å². The van der Waals surface area contributed by atoms with Gasteiger partial charge in [-0.25, -0.2) is 0 Å². The molecule has 7 heteroatoms.